The molecule has 1 heteroatoms. The minimum Gasteiger partial charge on any atom is -0.307 e. The molecule has 0 amide bonds. The fraction of sp³-hybridized carbons (Fsp3) is 0.769. The first-order chi connectivity index (χ1) is 13.3. The minimum absolute atomic E-state index is 0.339. The second-order valence-electron chi connectivity index (χ2n) is 8.51. The third-order valence-corrected chi connectivity index (χ3v) is 6.20. The lowest BCUT2D eigenvalue weighted by Gasteiger charge is -2.35. The highest BCUT2D eigenvalue weighted by molar-refractivity contribution is 5.14. The lowest BCUT2D eigenvalue weighted by atomic mass is 9.83. The number of unbranched alkanes of at least 4 members (excludes halogenated alkanes) is 10. The molecule has 0 aliphatic rings. The largest absolute Gasteiger partial charge is 0.307 e. The fourth-order valence-corrected chi connectivity index (χ4v) is 4.15. The van der Waals surface area contributed by atoms with E-state index in [1.165, 1.54) is 102 Å². The Labute approximate surface area is 170 Å². The monoisotopic (exact) mass is 373 g/mol. The summed E-state index contributed by atoms with van der Waals surface area (Å²) in [7, 11) is 0. The van der Waals surface area contributed by atoms with Gasteiger partial charge in [0.2, 0.25) is 0 Å². The summed E-state index contributed by atoms with van der Waals surface area (Å²) < 4.78 is 0. The molecule has 27 heavy (non-hydrogen) atoms. The van der Waals surface area contributed by atoms with Gasteiger partial charge in [0.05, 0.1) is 0 Å². The molecule has 0 aromatic heterocycles. The van der Waals surface area contributed by atoms with Crippen LogP contribution in [0.3, 0.4) is 0 Å². The Bertz CT molecular complexity index is 409. The van der Waals surface area contributed by atoms with Crippen molar-refractivity contribution in [1.82, 2.24) is 5.32 Å². The highest BCUT2D eigenvalue weighted by Crippen LogP contribution is 2.27. The molecule has 1 aromatic rings. The summed E-state index contributed by atoms with van der Waals surface area (Å²) in [4.78, 5) is 0. The van der Waals surface area contributed by atoms with E-state index >= 15 is 0 Å². The van der Waals surface area contributed by atoms with Crippen LogP contribution >= 0.6 is 0 Å². The van der Waals surface area contributed by atoms with Gasteiger partial charge in [0.1, 0.15) is 0 Å². The zero-order chi connectivity index (χ0) is 19.6. The van der Waals surface area contributed by atoms with E-state index < -0.39 is 0 Å². The lowest BCUT2D eigenvalue weighted by Crippen LogP contribution is -2.44. The summed E-state index contributed by atoms with van der Waals surface area (Å²) in [5.74, 6) is 0. The number of rotatable bonds is 18. The predicted octanol–water partition coefficient (Wildman–Crippen LogP) is 8.43. The topological polar surface area (TPSA) is 12.0 Å². The molecular weight excluding hydrogens is 326 g/mol. The zero-order valence-electron chi connectivity index (χ0n) is 18.7. The molecule has 1 nitrogen and oxygen atoms in total. The Balaban J connectivity index is 2.47. The van der Waals surface area contributed by atoms with Gasteiger partial charge in [-0.3, -0.25) is 0 Å². The van der Waals surface area contributed by atoms with E-state index in [-0.39, 0.29) is 0 Å². The molecular formula is C26H47N. The molecule has 0 spiro atoms. The van der Waals surface area contributed by atoms with Crippen molar-refractivity contribution >= 4 is 0 Å². The second kappa shape index (κ2) is 16.2. The maximum atomic E-state index is 4.00. The number of benzene rings is 1. The summed E-state index contributed by atoms with van der Waals surface area (Å²) in [5, 5.41) is 4.00. The Hall–Kier alpha value is -0.820. The molecule has 0 unspecified atom stereocenters. The fourth-order valence-electron chi connectivity index (χ4n) is 4.15. The standard InChI is InChI=1S/C26H47N/c1-4-7-9-11-13-18-22-26(6-3,23-19-14-12-10-8-5-2)27-24-25-20-16-15-17-21-25/h15-17,20-21,27H,4-14,18-19,22-24H2,1-3H3. The van der Waals surface area contributed by atoms with Crippen molar-refractivity contribution in [2.24, 2.45) is 0 Å². The smallest absolute Gasteiger partial charge is 0.0210 e. The average Bonchev–Trinajstić information content (AvgIpc) is 2.71. The van der Waals surface area contributed by atoms with Crippen LogP contribution in [0, 0.1) is 0 Å². The van der Waals surface area contributed by atoms with Gasteiger partial charge in [-0.25, -0.2) is 0 Å². The Morgan fingerprint density at radius 2 is 1.11 bits per heavy atom. The molecule has 0 aliphatic carbocycles. The SMILES string of the molecule is CCCCCCCCC(CC)(CCCCCCCC)NCc1ccccc1. The third-order valence-electron chi connectivity index (χ3n) is 6.20. The van der Waals surface area contributed by atoms with Gasteiger partial charge in [-0.1, -0.05) is 128 Å². The van der Waals surface area contributed by atoms with Gasteiger partial charge < -0.3 is 5.32 Å². The molecule has 156 valence electrons. The average molecular weight is 374 g/mol. The van der Waals surface area contributed by atoms with Crippen LogP contribution in [-0.4, -0.2) is 5.54 Å². The highest BCUT2D eigenvalue weighted by Gasteiger charge is 2.26. The first-order valence-electron chi connectivity index (χ1n) is 12.0. The van der Waals surface area contributed by atoms with Crippen molar-refractivity contribution in [2.45, 2.75) is 129 Å². The minimum atomic E-state index is 0.339. The molecule has 1 rings (SSSR count). The third kappa shape index (κ3) is 11.6. The van der Waals surface area contributed by atoms with E-state index in [0.29, 0.717) is 5.54 Å². The van der Waals surface area contributed by atoms with Crippen LogP contribution in [-0.2, 0) is 6.54 Å². The lowest BCUT2D eigenvalue weighted by molar-refractivity contribution is 0.249. The summed E-state index contributed by atoms with van der Waals surface area (Å²) in [5.41, 5.74) is 1.76. The Kier molecular flexibility index (Phi) is 14.5. The van der Waals surface area contributed by atoms with E-state index in [9.17, 15) is 0 Å². The highest BCUT2D eigenvalue weighted by atomic mass is 15.0. The summed E-state index contributed by atoms with van der Waals surface area (Å²) in [6, 6.07) is 10.9. The number of hydrogen-bond acceptors (Lipinski definition) is 1. The molecule has 0 saturated carbocycles. The van der Waals surface area contributed by atoms with Crippen LogP contribution in [0.2, 0.25) is 0 Å². The Morgan fingerprint density at radius 1 is 0.630 bits per heavy atom. The zero-order valence-corrected chi connectivity index (χ0v) is 18.7. The van der Waals surface area contributed by atoms with Crippen LogP contribution < -0.4 is 5.32 Å². The molecule has 0 heterocycles. The van der Waals surface area contributed by atoms with Crippen LogP contribution in [0.4, 0.5) is 0 Å². The molecule has 0 saturated heterocycles. The summed E-state index contributed by atoms with van der Waals surface area (Å²) >= 11 is 0. The van der Waals surface area contributed by atoms with Gasteiger partial charge in [-0.2, -0.15) is 0 Å². The van der Waals surface area contributed by atoms with Crippen molar-refractivity contribution in [3.05, 3.63) is 35.9 Å². The van der Waals surface area contributed by atoms with E-state index in [2.05, 4.69) is 56.4 Å². The molecule has 1 aromatic carbocycles. The summed E-state index contributed by atoms with van der Waals surface area (Å²) in [6.07, 6.45) is 20.7. The van der Waals surface area contributed by atoms with Gasteiger partial charge >= 0.3 is 0 Å². The Morgan fingerprint density at radius 3 is 1.59 bits per heavy atom. The normalized spacial score (nSPS) is 11.8. The second-order valence-corrected chi connectivity index (χ2v) is 8.51. The van der Waals surface area contributed by atoms with Crippen LogP contribution in [0.5, 0.6) is 0 Å². The van der Waals surface area contributed by atoms with Gasteiger partial charge in [0.25, 0.3) is 0 Å². The van der Waals surface area contributed by atoms with Gasteiger partial charge in [-0.15, -0.1) is 0 Å². The van der Waals surface area contributed by atoms with Crippen molar-refractivity contribution in [1.29, 1.82) is 0 Å². The van der Waals surface area contributed by atoms with Crippen LogP contribution in [0.15, 0.2) is 30.3 Å². The molecule has 0 aliphatic heterocycles. The molecule has 0 radical (unpaired) electrons. The predicted molar refractivity (Wildman–Crippen MR) is 122 cm³/mol. The van der Waals surface area contributed by atoms with E-state index in [1.807, 2.05) is 0 Å². The van der Waals surface area contributed by atoms with Crippen LogP contribution in [0.25, 0.3) is 0 Å². The number of hydrogen-bond donors (Lipinski definition) is 1. The molecule has 1 N–H and O–H groups in total. The van der Waals surface area contributed by atoms with E-state index in [0.717, 1.165) is 6.54 Å². The summed E-state index contributed by atoms with van der Waals surface area (Å²) in [6.45, 7) is 8.01. The quantitative estimate of drug-likeness (QED) is 0.255. The number of nitrogens with one attached hydrogen (secondary N) is 1. The van der Waals surface area contributed by atoms with Crippen molar-refractivity contribution in [3.63, 3.8) is 0 Å². The molecule has 0 fully saturated rings. The molecule has 0 bridgehead atoms. The van der Waals surface area contributed by atoms with Crippen molar-refractivity contribution in [2.75, 3.05) is 0 Å². The maximum absolute atomic E-state index is 4.00. The van der Waals surface area contributed by atoms with Gasteiger partial charge in [0.15, 0.2) is 0 Å². The van der Waals surface area contributed by atoms with E-state index in [4.69, 9.17) is 0 Å². The first kappa shape index (κ1) is 24.2. The first-order valence-corrected chi connectivity index (χ1v) is 12.0. The van der Waals surface area contributed by atoms with Crippen molar-refractivity contribution in [3.8, 4) is 0 Å². The maximum Gasteiger partial charge on any atom is 0.0210 e. The van der Waals surface area contributed by atoms with Crippen LogP contribution in [0.1, 0.15) is 123 Å². The van der Waals surface area contributed by atoms with Gasteiger partial charge in [0, 0.05) is 12.1 Å². The van der Waals surface area contributed by atoms with Gasteiger partial charge in [-0.05, 0) is 24.8 Å². The molecule has 0 atom stereocenters. The van der Waals surface area contributed by atoms with Crippen molar-refractivity contribution < 1.29 is 0 Å². The van der Waals surface area contributed by atoms with E-state index in [1.54, 1.807) is 0 Å².